The van der Waals surface area contributed by atoms with E-state index in [1.54, 1.807) is 24.4 Å². The number of sulfonamides is 1. The van der Waals surface area contributed by atoms with Gasteiger partial charge in [-0.25, -0.2) is 31.6 Å². The number of rotatable bonds is 5. The van der Waals surface area contributed by atoms with Crippen LogP contribution in [0.4, 0.5) is 8.78 Å². The Hall–Kier alpha value is -3.89. The molecule has 0 fully saturated rings. The van der Waals surface area contributed by atoms with E-state index in [1.807, 2.05) is 0 Å². The molecular weight excluding hydrogens is 468 g/mol. The van der Waals surface area contributed by atoms with Gasteiger partial charge in [-0.15, -0.1) is 0 Å². The van der Waals surface area contributed by atoms with Gasteiger partial charge in [-0.05, 0) is 18.2 Å². The maximum absolute atomic E-state index is 14.2. The summed E-state index contributed by atoms with van der Waals surface area (Å²) in [7, 11) is -3.54. The van der Waals surface area contributed by atoms with Gasteiger partial charge in [0.15, 0.2) is 0 Å². The number of hydrogen-bond donors (Lipinski definition) is 2. The van der Waals surface area contributed by atoms with E-state index in [4.69, 9.17) is 4.74 Å². The van der Waals surface area contributed by atoms with Crippen LogP contribution in [0.2, 0.25) is 0 Å². The first-order chi connectivity index (χ1) is 16.3. The van der Waals surface area contributed by atoms with Crippen molar-refractivity contribution in [1.82, 2.24) is 29.5 Å². The number of alkyl halides is 2. The van der Waals surface area contributed by atoms with Gasteiger partial charge in [-0.1, -0.05) is 0 Å². The highest BCUT2D eigenvalue weighted by molar-refractivity contribution is 7.88. The van der Waals surface area contributed by atoms with E-state index >= 15 is 0 Å². The number of fused-ring (bicyclic) bond motifs is 2. The van der Waals surface area contributed by atoms with Crippen molar-refractivity contribution in [2.75, 3.05) is 12.9 Å². The fourth-order valence-electron chi connectivity index (χ4n) is 4.13. The Bertz CT molecular complexity index is 1560. The number of H-pyrrole nitrogens is 1. The van der Waals surface area contributed by atoms with Crippen molar-refractivity contribution in [3.8, 4) is 34.3 Å². The maximum atomic E-state index is 14.2. The maximum Gasteiger partial charge on any atom is 0.282 e. The first-order valence-corrected chi connectivity index (χ1v) is 12.0. The van der Waals surface area contributed by atoms with Crippen molar-refractivity contribution in [3.05, 3.63) is 48.0 Å². The Balaban J connectivity index is 1.75. The molecule has 0 radical (unpaired) electrons. The summed E-state index contributed by atoms with van der Waals surface area (Å²) in [5.41, 5.74) is 1.42. The molecule has 1 aliphatic heterocycles. The summed E-state index contributed by atoms with van der Waals surface area (Å²) in [6.07, 6.45) is 2.52. The Morgan fingerprint density at radius 1 is 1.32 bits per heavy atom. The number of pyridine rings is 2. The predicted octanol–water partition coefficient (Wildman–Crippen LogP) is 2.61. The summed E-state index contributed by atoms with van der Waals surface area (Å²) in [5.74, 6) is 0.0715. The first-order valence-electron chi connectivity index (χ1n) is 10.1. The fourth-order valence-corrected chi connectivity index (χ4v) is 4.88. The first kappa shape index (κ1) is 21.9. The van der Waals surface area contributed by atoms with Gasteiger partial charge in [0, 0.05) is 35.1 Å². The molecule has 0 spiro atoms. The van der Waals surface area contributed by atoms with Gasteiger partial charge in [0.25, 0.3) is 6.43 Å². The second kappa shape index (κ2) is 8.15. The number of aromatic nitrogens is 5. The summed E-state index contributed by atoms with van der Waals surface area (Å²) < 4.78 is 61.0. The lowest BCUT2D eigenvalue weighted by molar-refractivity contribution is 0.144. The van der Waals surface area contributed by atoms with Crippen LogP contribution in [0.25, 0.3) is 33.4 Å². The normalized spacial score (nSPS) is 15.8. The molecule has 1 aliphatic rings. The van der Waals surface area contributed by atoms with Gasteiger partial charge in [0.1, 0.15) is 24.0 Å². The van der Waals surface area contributed by atoms with Gasteiger partial charge in [0.05, 0.1) is 35.7 Å². The zero-order valence-corrected chi connectivity index (χ0v) is 18.5. The molecule has 5 rings (SSSR count). The number of nitriles is 1. The number of hydrogen-bond acceptors (Lipinski definition) is 7. The van der Waals surface area contributed by atoms with Gasteiger partial charge < -0.3 is 9.72 Å². The molecule has 0 saturated heterocycles. The molecule has 0 bridgehead atoms. The van der Waals surface area contributed by atoms with E-state index in [0.29, 0.717) is 22.2 Å². The predicted molar refractivity (Wildman–Crippen MR) is 117 cm³/mol. The lowest BCUT2D eigenvalue weighted by Gasteiger charge is -2.24. The molecule has 13 heteroatoms. The second-order valence-electron chi connectivity index (χ2n) is 7.75. The van der Waals surface area contributed by atoms with Gasteiger partial charge in [0.2, 0.25) is 15.9 Å². The molecule has 1 atom stereocenters. The standard InChI is InChI=1S/C21H17F2N7O3S/c1-34(31,32)29-12-9-30-21(33-10-12)16(18(28-30)19(22)23)17-15(13-4-6-25-8-11(13)7-24)14-3-2-5-26-20(14)27-17/h2-6,8,12,19,29H,9-10H2,1H3,(H,26,27)/t12-/m0/s1. The molecule has 174 valence electrons. The third-order valence-corrected chi connectivity index (χ3v) is 6.13. The molecule has 0 aliphatic carbocycles. The topological polar surface area (TPSA) is 139 Å². The van der Waals surface area contributed by atoms with Gasteiger partial charge in [-0.2, -0.15) is 10.4 Å². The molecule has 0 unspecified atom stereocenters. The van der Waals surface area contributed by atoms with Crippen molar-refractivity contribution in [1.29, 1.82) is 5.26 Å². The Morgan fingerprint density at radius 2 is 2.15 bits per heavy atom. The summed E-state index contributed by atoms with van der Waals surface area (Å²) >= 11 is 0. The third-order valence-electron chi connectivity index (χ3n) is 5.37. The number of nitrogens with zero attached hydrogens (tertiary/aromatic N) is 5. The summed E-state index contributed by atoms with van der Waals surface area (Å²) in [4.78, 5) is 11.4. The van der Waals surface area contributed by atoms with Crippen molar-refractivity contribution < 1.29 is 21.9 Å². The quantitative estimate of drug-likeness (QED) is 0.443. The number of halogens is 2. The van der Waals surface area contributed by atoms with Crippen LogP contribution in [0, 0.1) is 11.3 Å². The largest absolute Gasteiger partial charge is 0.476 e. The zero-order chi connectivity index (χ0) is 24.0. The van der Waals surface area contributed by atoms with E-state index < -0.39 is 28.2 Å². The minimum Gasteiger partial charge on any atom is -0.476 e. The Labute approximate surface area is 192 Å². The van der Waals surface area contributed by atoms with E-state index in [-0.39, 0.29) is 35.9 Å². The highest BCUT2D eigenvalue weighted by Gasteiger charge is 2.34. The SMILES string of the molecule is CS(=O)(=O)N[C@@H]1COc2c(-c3[nH]c4ncccc4c3-c3ccncc3C#N)c(C(F)F)nn2C1. The van der Waals surface area contributed by atoms with Crippen molar-refractivity contribution in [2.24, 2.45) is 0 Å². The molecule has 0 amide bonds. The lowest BCUT2D eigenvalue weighted by atomic mass is 9.96. The fraction of sp³-hybridized carbons (Fsp3) is 0.238. The highest BCUT2D eigenvalue weighted by Crippen LogP contribution is 2.46. The smallest absolute Gasteiger partial charge is 0.282 e. The van der Waals surface area contributed by atoms with Crippen molar-refractivity contribution in [2.45, 2.75) is 19.0 Å². The third kappa shape index (κ3) is 3.76. The van der Waals surface area contributed by atoms with Crippen LogP contribution in [0.5, 0.6) is 5.88 Å². The Kier molecular flexibility index (Phi) is 5.26. The van der Waals surface area contributed by atoms with Crippen LogP contribution in [-0.4, -0.2) is 52.1 Å². The van der Waals surface area contributed by atoms with E-state index in [9.17, 15) is 22.5 Å². The van der Waals surface area contributed by atoms with E-state index in [1.165, 1.54) is 17.1 Å². The lowest BCUT2D eigenvalue weighted by Crippen LogP contribution is -2.44. The highest BCUT2D eigenvalue weighted by atomic mass is 32.2. The molecule has 0 aromatic carbocycles. The summed E-state index contributed by atoms with van der Waals surface area (Å²) in [6, 6.07) is 6.51. The number of ether oxygens (including phenoxy) is 1. The van der Waals surface area contributed by atoms with Crippen LogP contribution in [-0.2, 0) is 16.6 Å². The van der Waals surface area contributed by atoms with Crippen LogP contribution >= 0.6 is 0 Å². The molecule has 34 heavy (non-hydrogen) atoms. The van der Waals surface area contributed by atoms with Crippen molar-refractivity contribution in [3.63, 3.8) is 0 Å². The van der Waals surface area contributed by atoms with Crippen LogP contribution in [0.1, 0.15) is 17.7 Å². The minimum absolute atomic E-state index is 0.00857. The average molecular weight is 485 g/mol. The molecule has 4 aromatic rings. The summed E-state index contributed by atoms with van der Waals surface area (Å²) in [5, 5.41) is 14.3. The van der Waals surface area contributed by atoms with Crippen LogP contribution in [0.3, 0.4) is 0 Å². The van der Waals surface area contributed by atoms with Crippen molar-refractivity contribution >= 4 is 21.1 Å². The van der Waals surface area contributed by atoms with Gasteiger partial charge >= 0.3 is 0 Å². The number of aromatic amines is 1. The number of nitrogens with one attached hydrogen (secondary N) is 2. The molecule has 10 nitrogen and oxygen atoms in total. The molecular formula is C21H17F2N7O3S. The zero-order valence-electron chi connectivity index (χ0n) is 17.7. The van der Waals surface area contributed by atoms with E-state index in [0.717, 1.165) is 6.26 Å². The van der Waals surface area contributed by atoms with Crippen LogP contribution < -0.4 is 9.46 Å². The molecule has 0 saturated carbocycles. The monoisotopic (exact) mass is 485 g/mol. The average Bonchev–Trinajstić information content (AvgIpc) is 3.36. The summed E-state index contributed by atoms with van der Waals surface area (Å²) in [6.45, 7) is -0.0599. The van der Waals surface area contributed by atoms with Gasteiger partial charge in [-0.3, -0.25) is 4.98 Å². The van der Waals surface area contributed by atoms with E-state index in [2.05, 4.69) is 30.8 Å². The minimum atomic E-state index is -3.54. The molecule has 5 heterocycles. The molecule has 2 N–H and O–H groups in total. The Morgan fingerprint density at radius 3 is 2.88 bits per heavy atom. The second-order valence-corrected chi connectivity index (χ2v) is 9.53. The van der Waals surface area contributed by atoms with Crippen LogP contribution in [0.15, 0.2) is 36.8 Å². The molecule has 4 aromatic heterocycles.